The normalized spacial score (nSPS) is 17.3. The van der Waals surface area contributed by atoms with Crippen molar-refractivity contribution in [3.05, 3.63) is 100 Å². The number of amides is 1. The third kappa shape index (κ3) is 5.11. The monoisotopic (exact) mass is 470 g/mol. The lowest BCUT2D eigenvalue weighted by Gasteiger charge is -2.25. The van der Waals surface area contributed by atoms with Crippen LogP contribution < -0.4 is 4.74 Å². The Balaban J connectivity index is 1.79. The molecule has 1 aliphatic rings. The highest BCUT2D eigenvalue weighted by atomic mass is 16.5. The predicted molar refractivity (Wildman–Crippen MR) is 135 cm³/mol. The number of aromatic nitrogens is 1. The second-order valence-electron chi connectivity index (χ2n) is 9.35. The second kappa shape index (κ2) is 10.1. The number of aryl methyl sites for hydroxylation is 2. The Morgan fingerprint density at radius 2 is 1.86 bits per heavy atom. The lowest BCUT2D eigenvalue weighted by atomic mass is 9.94. The van der Waals surface area contributed by atoms with E-state index in [4.69, 9.17) is 4.74 Å². The van der Waals surface area contributed by atoms with Gasteiger partial charge >= 0.3 is 0 Å². The van der Waals surface area contributed by atoms with Crippen molar-refractivity contribution in [1.29, 1.82) is 0 Å². The van der Waals surface area contributed by atoms with Crippen molar-refractivity contribution >= 4 is 17.4 Å². The van der Waals surface area contributed by atoms with E-state index < -0.39 is 17.7 Å². The molecule has 35 heavy (non-hydrogen) atoms. The third-order valence-electron chi connectivity index (χ3n) is 5.98. The fraction of sp³-hybridized carbons (Fsp3) is 0.276. The highest BCUT2D eigenvalue weighted by Crippen LogP contribution is 2.40. The molecule has 0 aliphatic carbocycles. The van der Waals surface area contributed by atoms with E-state index in [1.54, 1.807) is 30.5 Å². The average Bonchev–Trinajstić information content (AvgIpc) is 3.08. The van der Waals surface area contributed by atoms with Crippen LogP contribution in [0.4, 0.5) is 0 Å². The molecule has 1 amide bonds. The zero-order valence-electron chi connectivity index (χ0n) is 20.5. The minimum absolute atomic E-state index is 0.0757. The summed E-state index contributed by atoms with van der Waals surface area (Å²) in [7, 11) is 0. The lowest BCUT2D eigenvalue weighted by Crippen LogP contribution is -2.29. The van der Waals surface area contributed by atoms with Gasteiger partial charge in [-0.05, 0) is 61.2 Å². The van der Waals surface area contributed by atoms with Gasteiger partial charge in [0.25, 0.3) is 11.7 Å². The number of nitrogens with zero attached hydrogens (tertiary/aromatic N) is 2. The number of hydrogen-bond acceptors (Lipinski definition) is 5. The van der Waals surface area contributed by atoms with Crippen molar-refractivity contribution in [2.45, 2.75) is 40.3 Å². The molecule has 1 aromatic heterocycles. The van der Waals surface area contributed by atoms with Crippen LogP contribution in [0.3, 0.4) is 0 Å². The van der Waals surface area contributed by atoms with Gasteiger partial charge in [-0.25, -0.2) is 0 Å². The van der Waals surface area contributed by atoms with Crippen LogP contribution in [-0.4, -0.2) is 33.3 Å². The van der Waals surface area contributed by atoms with Crippen LogP contribution >= 0.6 is 0 Å². The summed E-state index contributed by atoms with van der Waals surface area (Å²) in [4.78, 5) is 32.3. The number of carbonyl (C=O) groups excluding carboxylic acids is 2. The molecule has 1 saturated heterocycles. The smallest absolute Gasteiger partial charge is 0.296 e. The molecule has 0 bridgehead atoms. The Morgan fingerprint density at radius 3 is 2.51 bits per heavy atom. The van der Waals surface area contributed by atoms with Gasteiger partial charge < -0.3 is 14.7 Å². The van der Waals surface area contributed by atoms with E-state index in [-0.39, 0.29) is 17.9 Å². The largest absolute Gasteiger partial charge is 0.507 e. The first kappa shape index (κ1) is 24.2. The summed E-state index contributed by atoms with van der Waals surface area (Å²) in [5.41, 5.74) is 3.79. The number of aliphatic hydroxyl groups excluding tert-OH is 1. The van der Waals surface area contributed by atoms with Gasteiger partial charge in [-0.2, -0.15) is 0 Å². The summed E-state index contributed by atoms with van der Waals surface area (Å²) in [6.07, 6.45) is 1.65. The van der Waals surface area contributed by atoms with Crippen molar-refractivity contribution in [3.63, 3.8) is 0 Å². The summed E-state index contributed by atoms with van der Waals surface area (Å²) in [6, 6.07) is 17.7. The molecule has 6 nitrogen and oxygen atoms in total. The van der Waals surface area contributed by atoms with Crippen LogP contribution in [0, 0.1) is 19.8 Å². The topological polar surface area (TPSA) is 79.7 Å². The first-order chi connectivity index (χ1) is 16.8. The van der Waals surface area contributed by atoms with Gasteiger partial charge in [-0.3, -0.25) is 14.6 Å². The minimum Gasteiger partial charge on any atom is -0.507 e. The molecule has 1 unspecified atom stereocenters. The quantitative estimate of drug-likeness (QED) is 0.286. The van der Waals surface area contributed by atoms with Crippen LogP contribution in [-0.2, 0) is 16.1 Å². The van der Waals surface area contributed by atoms with Gasteiger partial charge in [0.05, 0.1) is 30.5 Å². The van der Waals surface area contributed by atoms with E-state index in [1.807, 2.05) is 50.2 Å². The Labute approximate surface area is 205 Å². The maximum absolute atomic E-state index is 13.3. The van der Waals surface area contributed by atoms with E-state index in [0.717, 1.165) is 22.4 Å². The van der Waals surface area contributed by atoms with E-state index in [0.29, 0.717) is 23.8 Å². The predicted octanol–water partition coefficient (Wildman–Crippen LogP) is 5.36. The number of pyridine rings is 1. The molecule has 1 fully saturated rings. The van der Waals surface area contributed by atoms with Crippen molar-refractivity contribution < 1.29 is 19.4 Å². The van der Waals surface area contributed by atoms with Gasteiger partial charge in [0.15, 0.2) is 0 Å². The van der Waals surface area contributed by atoms with Crippen LogP contribution in [0.2, 0.25) is 0 Å². The molecular weight excluding hydrogens is 440 g/mol. The molecule has 6 heteroatoms. The molecule has 2 aromatic carbocycles. The number of ether oxygens (including phenoxy) is 1. The van der Waals surface area contributed by atoms with Crippen molar-refractivity contribution in [2.75, 3.05) is 6.61 Å². The van der Waals surface area contributed by atoms with Crippen LogP contribution in [0.15, 0.2) is 72.4 Å². The molecule has 180 valence electrons. The Morgan fingerprint density at radius 1 is 1.06 bits per heavy atom. The number of hydrogen-bond donors (Lipinski definition) is 1. The Kier molecular flexibility index (Phi) is 7.01. The molecule has 1 aliphatic heterocycles. The number of Topliss-reactive ketones (excluding diaryl/α,β-unsaturated/α-hetero) is 1. The maximum Gasteiger partial charge on any atom is 0.296 e. The maximum atomic E-state index is 13.3. The number of benzene rings is 2. The minimum atomic E-state index is -0.728. The number of carbonyl (C=O) groups is 2. The third-order valence-corrected chi connectivity index (χ3v) is 5.98. The molecule has 1 N–H and O–H groups in total. The lowest BCUT2D eigenvalue weighted by molar-refractivity contribution is -0.140. The van der Waals surface area contributed by atoms with E-state index in [2.05, 4.69) is 18.8 Å². The molecule has 4 rings (SSSR count). The molecule has 1 atom stereocenters. The zero-order valence-corrected chi connectivity index (χ0v) is 20.5. The number of aliphatic hydroxyl groups is 1. The summed E-state index contributed by atoms with van der Waals surface area (Å²) >= 11 is 0. The molecule has 3 aromatic rings. The van der Waals surface area contributed by atoms with Crippen molar-refractivity contribution in [2.24, 2.45) is 5.92 Å². The van der Waals surface area contributed by atoms with E-state index in [1.165, 1.54) is 4.90 Å². The molecule has 0 spiro atoms. The summed E-state index contributed by atoms with van der Waals surface area (Å²) in [5, 5.41) is 11.4. The first-order valence-corrected chi connectivity index (χ1v) is 11.7. The van der Waals surface area contributed by atoms with E-state index in [9.17, 15) is 14.7 Å². The Bertz CT molecular complexity index is 1280. The van der Waals surface area contributed by atoms with Gasteiger partial charge in [-0.15, -0.1) is 0 Å². The molecule has 0 saturated carbocycles. The molecular formula is C29H30N2O4. The zero-order chi connectivity index (χ0) is 25.1. The molecule has 0 radical (unpaired) electrons. The van der Waals surface area contributed by atoms with Crippen molar-refractivity contribution in [3.8, 4) is 5.75 Å². The SMILES string of the molecule is Cc1cccc(C2/C(=C(/O)c3ccc(OCC(C)C)c(C)c3)C(=O)C(=O)N2Cc2ccccn2)c1. The summed E-state index contributed by atoms with van der Waals surface area (Å²) < 4.78 is 5.85. The highest BCUT2D eigenvalue weighted by Gasteiger charge is 2.46. The second-order valence-corrected chi connectivity index (χ2v) is 9.35. The fourth-order valence-corrected chi connectivity index (χ4v) is 4.27. The van der Waals surface area contributed by atoms with Crippen LogP contribution in [0.5, 0.6) is 5.75 Å². The standard InChI is InChI=1S/C29H30N2O4/c1-18(2)17-35-24-12-11-22(15-20(24)4)27(32)25-26(21-9-7-8-19(3)14-21)31(29(34)28(25)33)16-23-10-5-6-13-30-23/h5-15,18,26,32H,16-17H2,1-4H3/b27-25-. The van der Waals surface area contributed by atoms with Gasteiger partial charge in [0.2, 0.25) is 0 Å². The van der Waals surface area contributed by atoms with Gasteiger partial charge in [0, 0.05) is 11.8 Å². The number of likely N-dealkylation sites (tertiary alicyclic amines) is 1. The first-order valence-electron chi connectivity index (χ1n) is 11.7. The average molecular weight is 471 g/mol. The highest BCUT2D eigenvalue weighted by molar-refractivity contribution is 6.46. The number of rotatable bonds is 7. The van der Waals surface area contributed by atoms with Crippen LogP contribution in [0.1, 0.15) is 47.8 Å². The number of ketones is 1. The Hall–Kier alpha value is -3.93. The van der Waals surface area contributed by atoms with Gasteiger partial charge in [-0.1, -0.05) is 49.7 Å². The molecule has 2 heterocycles. The van der Waals surface area contributed by atoms with Crippen molar-refractivity contribution in [1.82, 2.24) is 9.88 Å². The summed E-state index contributed by atoms with van der Waals surface area (Å²) in [6.45, 7) is 8.73. The fourth-order valence-electron chi connectivity index (χ4n) is 4.27. The van der Waals surface area contributed by atoms with Crippen LogP contribution in [0.25, 0.3) is 5.76 Å². The van der Waals surface area contributed by atoms with E-state index >= 15 is 0 Å². The van der Waals surface area contributed by atoms with Gasteiger partial charge in [0.1, 0.15) is 11.5 Å². The summed E-state index contributed by atoms with van der Waals surface area (Å²) in [5.74, 6) is -0.454.